The minimum atomic E-state index is -1.08. The largest absolute Gasteiger partial charge is 0.427 e. The van der Waals surface area contributed by atoms with Crippen molar-refractivity contribution in [3.63, 3.8) is 0 Å². The summed E-state index contributed by atoms with van der Waals surface area (Å²) in [5.74, 6) is 0. The van der Waals surface area contributed by atoms with Gasteiger partial charge in [-0.1, -0.05) is 35.8 Å². The van der Waals surface area contributed by atoms with Crippen molar-refractivity contribution in [2.75, 3.05) is 19.4 Å². The number of fused-ring (bicyclic) bond motifs is 3. The van der Waals surface area contributed by atoms with Gasteiger partial charge in [0.1, 0.15) is 5.69 Å². The summed E-state index contributed by atoms with van der Waals surface area (Å²) in [5, 5.41) is 3.64. The van der Waals surface area contributed by atoms with Gasteiger partial charge in [-0.3, -0.25) is 9.68 Å². The first kappa shape index (κ1) is 12.7. The lowest BCUT2D eigenvalue weighted by Gasteiger charge is -2.20. The Morgan fingerprint density at radius 2 is 1.56 bits per heavy atom. The van der Waals surface area contributed by atoms with E-state index in [0.29, 0.717) is 0 Å². The summed E-state index contributed by atoms with van der Waals surface area (Å²) in [5.41, 5.74) is 0.935. The average molecular weight is 242 g/mol. The summed E-state index contributed by atoms with van der Waals surface area (Å²) in [6.07, 6.45) is 0. The fourth-order valence-electron chi connectivity index (χ4n) is 1.42. The molecule has 2 bridgehead atoms. The van der Waals surface area contributed by atoms with Gasteiger partial charge in [-0.25, -0.2) is 0 Å². The van der Waals surface area contributed by atoms with Crippen molar-refractivity contribution < 1.29 is 18.1 Å². The third kappa shape index (κ3) is 2.82. The van der Waals surface area contributed by atoms with Crippen molar-refractivity contribution >= 4 is 28.0 Å². The SMILES string of the molecule is CON(OC)c1cc2ccc1cc2.O=[SH-]=O. The summed E-state index contributed by atoms with van der Waals surface area (Å²) < 4.78 is 16.7. The molecule has 16 heavy (non-hydrogen) atoms. The molecule has 0 atom stereocenters. The van der Waals surface area contributed by atoms with Crippen LogP contribution in [0.25, 0.3) is 10.8 Å². The lowest BCUT2D eigenvalue weighted by atomic mass is 10.1. The van der Waals surface area contributed by atoms with E-state index in [1.807, 2.05) is 18.2 Å². The van der Waals surface area contributed by atoms with Crippen LogP contribution in [-0.4, -0.2) is 14.2 Å². The van der Waals surface area contributed by atoms with Crippen LogP contribution in [0.15, 0.2) is 30.3 Å². The Labute approximate surface area is 96.4 Å². The molecule has 0 spiro atoms. The molecule has 0 saturated heterocycles. The van der Waals surface area contributed by atoms with Gasteiger partial charge in [0.2, 0.25) is 0 Å². The molecule has 5 nitrogen and oxygen atoms in total. The quantitative estimate of drug-likeness (QED) is 0.466. The molecule has 0 aromatic heterocycles. The molecule has 0 N–H and O–H groups in total. The molecule has 0 aliphatic heterocycles. The smallest absolute Gasteiger partial charge is 0.102 e. The van der Waals surface area contributed by atoms with Gasteiger partial charge < -0.3 is 8.42 Å². The lowest BCUT2D eigenvalue weighted by Crippen LogP contribution is -2.20. The van der Waals surface area contributed by atoms with Crippen molar-refractivity contribution in [2.45, 2.75) is 0 Å². The Morgan fingerprint density at radius 1 is 1.06 bits per heavy atom. The molecule has 0 fully saturated rings. The molecule has 3 rings (SSSR count). The molecule has 3 aromatic rings. The van der Waals surface area contributed by atoms with E-state index < -0.39 is 11.6 Å². The maximum absolute atomic E-state index is 8.35. The van der Waals surface area contributed by atoms with Gasteiger partial charge in [0.05, 0.1) is 14.2 Å². The van der Waals surface area contributed by atoms with Crippen LogP contribution in [0.2, 0.25) is 0 Å². The average Bonchev–Trinajstić information content (AvgIpc) is 2.33. The van der Waals surface area contributed by atoms with Crippen LogP contribution in [0.5, 0.6) is 0 Å². The Bertz CT molecular complexity index is 446. The Morgan fingerprint density at radius 3 is 1.88 bits per heavy atom. The van der Waals surface area contributed by atoms with Crippen molar-refractivity contribution in [3.05, 3.63) is 30.3 Å². The molecule has 0 amide bonds. The van der Waals surface area contributed by atoms with E-state index in [4.69, 9.17) is 18.1 Å². The normalized spacial score (nSPS) is 9.88. The maximum atomic E-state index is 8.35. The van der Waals surface area contributed by atoms with Crippen molar-refractivity contribution in [1.29, 1.82) is 0 Å². The molecule has 0 heterocycles. The summed E-state index contributed by atoms with van der Waals surface area (Å²) in [6, 6.07) is 10.2. The minimum Gasteiger partial charge on any atom is -0.427 e. The van der Waals surface area contributed by atoms with Crippen molar-refractivity contribution in [2.24, 2.45) is 0 Å². The highest BCUT2D eigenvalue weighted by molar-refractivity contribution is 7.51. The van der Waals surface area contributed by atoms with E-state index in [2.05, 4.69) is 12.1 Å². The summed E-state index contributed by atoms with van der Waals surface area (Å²) in [6.45, 7) is 0. The molecule has 88 valence electrons. The van der Waals surface area contributed by atoms with E-state index >= 15 is 0 Å². The predicted molar refractivity (Wildman–Crippen MR) is 61.8 cm³/mol. The molecular weight excluding hydrogens is 230 g/mol. The number of hydrogen-bond acceptors (Lipinski definition) is 6. The summed E-state index contributed by atoms with van der Waals surface area (Å²) >= 11 is -1.08. The van der Waals surface area contributed by atoms with Crippen LogP contribution in [0.4, 0.5) is 5.69 Å². The molecule has 0 aliphatic rings. The second-order valence-electron chi connectivity index (χ2n) is 2.85. The molecule has 0 unspecified atom stereocenters. The van der Waals surface area contributed by atoms with E-state index in [-0.39, 0.29) is 0 Å². The van der Waals surface area contributed by atoms with Crippen LogP contribution in [0, 0.1) is 0 Å². The summed E-state index contributed by atoms with van der Waals surface area (Å²) in [4.78, 5) is 10.1. The van der Waals surface area contributed by atoms with Crippen LogP contribution in [0.3, 0.4) is 0 Å². The highest BCUT2D eigenvalue weighted by atomic mass is 32.1. The number of thiol groups is 1. The monoisotopic (exact) mass is 242 g/mol. The zero-order chi connectivity index (χ0) is 12.0. The van der Waals surface area contributed by atoms with Gasteiger partial charge in [0.15, 0.2) is 0 Å². The molecule has 3 aromatic carbocycles. The zero-order valence-electron chi connectivity index (χ0n) is 8.91. The van der Waals surface area contributed by atoms with E-state index in [1.54, 1.807) is 14.2 Å². The Balaban J connectivity index is 0.000000386. The van der Waals surface area contributed by atoms with Crippen molar-refractivity contribution in [1.82, 2.24) is 0 Å². The number of nitrogens with zero attached hydrogens (tertiary/aromatic N) is 1. The molecule has 0 aliphatic carbocycles. The van der Waals surface area contributed by atoms with Gasteiger partial charge in [-0.05, 0) is 11.5 Å². The van der Waals surface area contributed by atoms with Crippen LogP contribution < -0.4 is 5.23 Å². The maximum Gasteiger partial charge on any atom is 0.102 e. The minimum absolute atomic E-state index is 0.935. The van der Waals surface area contributed by atoms with Gasteiger partial charge in [0.25, 0.3) is 0 Å². The van der Waals surface area contributed by atoms with Crippen LogP contribution >= 0.6 is 0 Å². The molecule has 0 radical (unpaired) electrons. The van der Waals surface area contributed by atoms with Gasteiger partial charge in [-0.2, -0.15) is 0 Å². The second kappa shape index (κ2) is 6.26. The first-order valence-corrected chi connectivity index (χ1v) is 5.15. The fraction of sp³-hybridized carbons (Fsp3) is 0.200. The Hall–Kier alpha value is -1.37. The van der Waals surface area contributed by atoms with Crippen LogP contribution in [0.1, 0.15) is 0 Å². The van der Waals surface area contributed by atoms with E-state index in [0.717, 1.165) is 16.5 Å². The van der Waals surface area contributed by atoms with Gasteiger partial charge in [0, 0.05) is 5.39 Å². The second-order valence-corrected chi connectivity index (χ2v) is 3.00. The standard InChI is InChI=1S/C10H11NO2.HO2S/c1-12-11(13-2)10-7-8-3-5-9(10)6-4-8;1-3-2/h3-7H,1-2H3;3H/q;-1. The van der Waals surface area contributed by atoms with Gasteiger partial charge >= 0.3 is 0 Å². The predicted octanol–water partition coefficient (Wildman–Crippen LogP) is 1.70. The third-order valence-electron chi connectivity index (χ3n) is 2.04. The van der Waals surface area contributed by atoms with Gasteiger partial charge in [-0.15, -0.1) is 5.23 Å². The molecular formula is C10H12NO4S-. The van der Waals surface area contributed by atoms with E-state index in [9.17, 15) is 0 Å². The number of rotatable bonds is 3. The summed E-state index contributed by atoms with van der Waals surface area (Å²) in [7, 11) is 3.15. The van der Waals surface area contributed by atoms with E-state index in [1.165, 1.54) is 5.23 Å². The van der Waals surface area contributed by atoms with Crippen LogP contribution in [-0.2, 0) is 29.7 Å². The highest BCUT2D eigenvalue weighted by Gasteiger charge is 2.08. The first-order chi connectivity index (χ1) is 7.76. The molecule has 0 saturated carbocycles. The first-order valence-electron chi connectivity index (χ1n) is 4.42. The number of benzene rings is 3. The highest BCUT2D eigenvalue weighted by Crippen LogP contribution is 2.26. The number of hydrogen-bond donors (Lipinski definition) is 0. The number of anilines is 1. The lowest BCUT2D eigenvalue weighted by molar-refractivity contribution is -0.0426. The zero-order valence-corrected chi connectivity index (χ0v) is 9.81. The molecule has 6 heteroatoms. The fourth-order valence-corrected chi connectivity index (χ4v) is 1.42. The van der Waals surface area contributed by atoms with Crippen molar-refractivity contribution in [3.8, 4) is 0 Å². The topological polar surface area (TPSA) is 55.8 Å². The third-order valence-corrected chi connectivity index (χ3v) is 2.04. The Kier molecular flexibility index (Phi) is 4.97.